The van der Waals surface area contributed by atoms with Crippen molar-refractivity contribution in [3.8, 4) is 0 Å². The first-order valence-electron chi connectivity index (χ1n) is 10.9. The van der Waals surface area contributed by atoms with Gasteiger partial charge in [0, 0.05) is 19.8 Å². The molecule has 0 radical (unpaired) electrons. The summed E-state index contributed by atoms with van der Waals surface area (Å²) in [6, 6.07) is 0. The van der Waals surface area contributed by atoms with Gasteiger partial charge in [0.2, 0.25) is 0 Å². The van der Waals surface area contributed by atoms with Gasteiger partial charge in [0.15, 0.2) is 0 Å². The maximum absolute atomic E-state index is 8.41. The molecular weight excluding hydrogens is 298 g/mol. The van der Waals surface area contributed by atoms with Crippen LogP contribution in [0.5, 0.6) is 0 Å². The zero-order valence-corrected chi connectivity index (χ0v) is 16.5. The Morgan fingerprint density at radius 1 is 0.542 bits per heavy atom. The predicted octanol–water partition coefficient (Wildman–Crippen LogP) is 6.63. The highest BCUT2D eigenvalue weighted by Crippen LogP contribution is 2.13. The van der Waals surface area contributed by atoms with Crippen LogP contribution in [-0.2, 0) is 4.74 Å². The fraction of sp³-hybridized carbons (Fsp3) is 1.00. The Balaban J connectivity index is 2.93. The summed E-state index contributed by atoms with van der Waals surface area (Å²) in [7, 11) is 0. The molecule has 0 bridgehead atoms. The summed E-state index contributed by atoms with van der Waals surface area (Å²) in [4.78, 5) is 0. The van der Waals surface area contributed by atoms with Gasteiger partial charge in [-0.15, -0.1) is 0 Å². The van der Waals surface area contributed by atoms with Crippen molar-refractivity contribution in [2.75, 3.05) is 19.8 Å². The van der Waals surface area contributed by atoms with Gasteiger partial charge in [0.1, 0.15) is 0 Å². The minimum Gasteiger partial charge on any atom is -0.381 e. The summed E-state index contributed by atoms with van der Waals surface area (Å²) in [5.41, 5.74) is 2.15. The highest BCUT2D eigenvalue weighted by molar-refractivity contribution is 4.50. The molecule has 0 atom stereocenters. The van der Waals surface area contributed by atoms with Crippen LogP contribution in [-0.4, -0.2) is 25.0 Å². The first-order chi connectivity index (χ1) is 11.9. The van der Waals surface area contributed by atoms with Crippen LogP contribution in [0.3, 0.4) is 0 Å². The molecule has 0 aliphatic heterocycles. The van der Waals surface area contributed by atoms with Gasteiger partial charge in [0.25, 0.3) is 0 Å². The van der Waals surface area contributed by atoms with Crippen molar-refractivity contribution in [2.45, 2.75) is 116 Å². The van der Waals surface area contributed by atoms with Crippen LogP contribution in [0.25, 0.3) is 0 Å². The number of hydrogen-bond donors (Lipinski definition) is 2. The number of hydroxylamine groups is 1. The molecule has 2 N–H and O–H groups in total. The lowest BCUT2D eigenvalue weighted by Crippen LogP contribution is -2.11. The van der Waals surface area contributed by atoms with Crippen molar-refractivity contribution in [1.29, 1.82) is 0 Å². The quantitative estimate of drug-likeness (QED) is 0.181. The molecule has 24 heavy (non-hydrogen) atoms. The van der Waals surface area contributed by atoms with E-state index in [1.807, 2.05) is 0 Å². The van der Waals surface area contributed by atoms with Gasteiger partial charge in [-0.2, -0.15) is 0 Å². The minimum atomic E-state index is 0.624. The van der Waals surface area contributed by atoms with Gasteiger partial charge < -0.3 is 9.94 Å². The van der Waals surface area contributed by atoms with E-state index in [1.165, 1.54) is 103 Å². The third-order valence-electron chi connectivity index (χ3n) is 4.72. The Labute approximate surface area is 151 Å². The molecule has 0 aromatic carbocycles. The molecule has 0 aliphatic carbocycles. The third-order valence-corrected chi connectivity index (χ3v) is 4.72. The molecule has 0 amide bonds. The van der Waals surface area contributed by atoms with E-state index >= 15 is 0 Å². The van der Waals surface area contributed by atoms with Crippen LogP contribution >= 0.6 is 0 Å². The van der Waals surface area contributed by atoms with E-state index in [9.17, 15) is 0 Å². The number of ether oxygens (including phenoxy) is 1. The molecule has 0 spiro atoms. The van der Waals surface area contributed by atoms with Gasteiger partial charge in [-0.25, -0.2) is 5.48 Å². The fourth-order valence-electron chi connectivity index (χ4n) is 3.11. The largest absolute Gasteiger partial charge is 0.381 e. The maximum Gasteiger partial charge on any atom is 0.0479 e. The first kappa shape index (κ1) is 23.9. The summed E-state index contributed by atoms with van der Waals surface area (Å²) in [5.74, 6) is 0. The number of rotatable bonds is 21. The maximum atomic E-state index is 8.41. The van der Waals surface area contributed by atoms with Gasteiger partial charge in [-0.3, -0.25) is 0 Å². The first-order valence-corrected chi connectivity index (χ1v) is 10.9. The SMILES string of the molecule is CCCCCCCCCCCCCCCCCCOCCCNO. The Bertz CT molecular complexity index is 190. The number of unbranched alkanes of at least 4 members (excludes halogenated alkanes) is 15. The van der Waals surface area contributed by atoms with E-state index in [0.29, 0.717) is 6.54 Å². The zero-order chi connectivity index (χ0) is 17.6. The lowest BCUT2D eigenvalue weighted by molar-refractivity contribution is 0.108. The molecule has 0 unspecified atom stereocenters. The fourth-order valence-corrected chi connectivity index (χ4v) is 3.11. The summed E-state index contributed by atoms with van der Waals surface area (Å²) in [6.45, 7) is 4.55. The topological polar surface area (TPSA) is 41.5 Å². The molecule has 0 rings (SSSR count). The standard InChI is InChI=1S/C21H45NO2/c1-2-3-4-5-6-7-8-9-10-11-12-13-14-15-16-17-20-24-21-18-19-22-23/h22-23H,2-21H2,1H3. The predicted molar refractivity (Wildman–Crippen MR) is 105 cm³/mol. The van der Waals surface area contributed by atoms with Crippen molar-refractivity contribution in [3.05, 3.63) is 0 Å². The second kappa shape index (κ2) is 22.9. The van der Waals surface area contributed by atoms with E-state index < -0.39 is 0 Å². The van der Waals surface area contributed by atoms with Crippen molar-refractivity contribution < 1.29 is 9.94 Å². The van der Waals surface area contributed by atoms with E-state index in [0.717, 1.165) is 19.6 Å². The second-order valence-corrected chi connectivity index (χ2v) is 7.18. The van der Waals surface area contributed by atoms with E-state index in [1.54, 1.807) is 0 Å². The molecular formula is C21H45NO2. The van der Waals surface area contributed by atoms with Crippen LogP contribution in [0.15, 0.2) is 0 Å². The third kappa shape index (κ3) is 21.9. The molecule has 0 aromatic rings. The summed E-state index contributed by atoms with van der Waals surface area (Å²) >= 11 is 0. The molecule has 3 heteroatoms. The molecule has 146 valence electrons. The minimum absolute atomic E-state index is 0.624. The second-order valence-electron chi connectivity index (χ2n) is 7.18. The molecule has 0 aliphatic rings. The normalized spacial score (nSPS) is 11.2. The van der Waals surface area contributed by atoms with Crippen molar-refractivity contribution in [1.82, 2.24) is 5.48 Å². The smallest absolute Gasteiger partial charge is 0.0479 e. The Morgan fingerprint density at radius 2 is 0.917 bits per heavy atom. The van der Waals surface area contributed by atoms with Crippen LogP contribution in [0.2, 0.25) is 0 Å². The van der Waals surface area contributed by atoms with E-state index in [-0.39, 0.29) is 0 Å². The number of hydrogen-bond acceptors (Lipinski definition) is 3. The molecule has 0 aromatic heterocycles. The van der Waals surface area contributed by atoms with Crippen LogP contribution in [0, 0.1) is 0 Å². The van der Waals surface area contributed by atoms with Gasteiger partial charge in [-0.1, -0.05) is 103 Å². The van der Waals surface area contributed by atoms with Gasteiger partial charge in [0.05, 0.1) is 0 Å². The van der Waals surface area contributed by atoms with Gasteiger partial charge >= 0.3 is 0 Å². The summed E-state index contributed by atoms with van der Waals surface area (Å²) < 4.78 is 5.50. The van der Waals surface area contributed by atoms with Crippen molar-refractivity contribution in [2.24, 2.45) is 0 Å². The van der Waals surface area contributed by atoms with Crippen LogP contribution < -0.4 is 5.48 Å². The zero-order valence-electron chi connectivity index (χ0n) is 16.5. The molecule has 0 heterocycles. The molecule has 3 nitrogen and oxygen atoms in total. The monoisotopic (exact) mass is 343 g/mol. The lowest BCUT2D eigenvalue weighted by Gasteiger charge is -2.04. The summed E-state index contributed by atoms with van der Waals surface area (Å²) in [5, 5.41) is 8.41. The van der Waals surface area contributed by atoms with Crippen LogP contribution in [0.4, 0.5) is 0 Å². The Kier molecular flexibility index (Phi) is 22.8. The Hall–Kier alpha value is -0.120. The molecule has 0 saturated carbocycles. The highest BCUT2D eigenvalue weighted by Gasteiger charge is 1.95. The number of nitrogens with one attached hydrogen (secondary N) is 1. The van der Waals surface area contributed by atoms with Crippen molar-refractivity contribution in [3.63, 3.8) is 0 Å². The van der Waals surface area contributed by atoms with E-state index in [4.69, 9.17) is 9.94 Å². The average molecular weight is 344 g/mol. The van der Waals surface area contributed by atoms with E-state index in [2.05, 4.69) is 12.4 Å². The highest BCUT2D eigenvalue weighted by atomic mass is 16.5. The van der Waals surface area contributed by atoms with Gasteiger partial charge in [-0.05, 0) is 12.8 Å². The van der Waals surface area contributed by atoms with Crippen molar-refractivity contribution >= 4 is 0 Å². The molecule has 0 fully saturated rings. The molecule has 0 saturated heterocycles. The summed E-state index contributed by atoms with van der Waals surface area (Å²) in [6.07, 6.45) is 23.4. The average Bonchev–Trinajstić information content (AvgIpc) is 2.60. The van der Waals surface area contributed by atoms with Crippen LogP contribution in [0.1, 0.15) is 116 Å². The lowest BCUT2D eigenvalue weighted by atomic mass is 10.0. The Morgan fingerprint density at radius 3 is 1.33 bits per heavy atom.